The summed E-state index contributed by atoms with van der Waals surface area (Å²) in [5, 5.41) is 3.28. The van der Waals surface area contributed by atoms with E-state index in [9.17, 15) is 0 Å². The number of ether oxygens (including phenoxy) is 1. The van der Waals surface area contributed by atoms with Crippen LogP contribution in [0, 0.1) is 0 Å². The van der Waals surface area contributed by atoms with Gasteiger partial charge in [0.1, 0.15) is 12.0 Å². The molecule has 1 heterocycles. The lowest BCUT2D eigenvalue weighted by atomic mass is 10.2. The molecule has 0 aliphatic rings. The molecule has 0 aliphatic carbocycles. The molecule has 2 aromatic rings. The largest absolute Gasteiger partial charge is 0.496 e. The van der Waals surface area contributed by atoms with Gasteiger partial charge in [0.05, 0.1) is 12.8 Å². The maximum Gasteiger partial charge on any atom is 0.180 e. The van der Waals surface area contributed by atoms with Crippen molar-refractivity contribution in [3.8, 4) is 5.75 Å². The third-order valence-corrected chi connectivity index (χ3v) is 2.30. The fraction of sp³-hybridized carbons (Fsp3) is 0.250. The summed E-state index contributed by atoms with van der Waals surface area (Å²) in [6.07, 6.45) is 3.06. The molecule has 0 saturated carbocycles. The fourth-order valence-electron chi connectivity index (χ4n) is 1.50. The van der Waals surface area contributed by atoms with Gasteiger partial charge >= 0.3 is 0 Å². The van der Waals surface area contributed by atoms with Crippen LogP contribution in [-0.2, 0) is 13.1 Å². The van der Waals surface area contributed by atoms with Crippen LogP contribution in [0.4, 0.5) is 0 Å². The number of para-hydroxylation sites is 1. The topological polar surface area (TPSA) is 47.3 Å². The Labute approximate surface area is 94.3 Å². The van der Waals surface area contributed by atoms with E-state index in [-0.39, 0.29) is 0 Å². The van der Waals surface area contributed by atoms with Crippen molar-refractivity contribution in [2.75, 3.05) is 7.11 Å². The van der Waals surface area contributed by atoms with E-state index in [1.807, 2.05) is 24.3 Å². The van der Waals surface area contributed by atoms with Gasteiger partial charge in [-0.2, -0.15) is 0 Å². The first-order chi connectivity index (χ1) is 7.90. The predicted molar refractivity (Wildman–Crippen MR) is 60.0 cm³/mol. The van der Waals surface area contributed by atoms with Crippen molar-refractivity contribution in [1.82, 2.24) is 10.3 Å². The van der Waals surface area contributed by atoms with E-state index in [4.69, 9.17) is 9.15 Å². The number of nitrogens with one attached hydrogen (secondary N) is 1. The molecular weight excluding hydrogens is 204 g/mol. The first-order valence-corrected chi connectivity index (χ1v) is 5.10. The Kier molecular flexibility index (Phi) is 3.56. The highest BCUT2D eigenvalue weighted by molar-refractivity contribution is 5.32. The van der Waals surface area contributed by atoms with E-state index in [1.165, 1.54) is 6.39 Å². The van der Waals surface area contributed by atoms with Crippen molar-refractivity contribution in [1.29, 1.82) is 0 Å². The molecule has 0 fully saturated rings. The zero-order valence-corrected chi connectivity index (χ0v) is 9.14. The summed E-state index contributed by atoms with van der Waals surface area (Å²) in [4.78, 5) is 4.03. The van der Waals surface area contributed by atoms with Crippen LogP contribution in [0.25, 0.3) is 0 Å². The molecule has 0 bridgehead atoms. The summed E-state index contributed by atoms with van der Waals surface area (Å²) >= 11 is 0. The second-order valence-electron chi connectivity index (χ2n) is 3.40. The van der Waals surface area contributed by atoms with Crippen LogP contribution >= 0.6 is 0 Å². The number of hydrogen-bond acceptors (Lipinski definition) is 4. The Morgan fingerprint density at radius 2 is 2.19 bits per heavy atom. The molecule has 0 unspecified atom stereocenters. The van der Waals surface area contributed by atoms with E-state index >= 15 is 0 Å². The van der Waals surface area contributed by atoms with Gasteiger partial charge in [-0.05, 0) is 6.07 Å². The molecule has 16 heavy (non-hydrogen) atoms. The summed E-state index contributed by atoms with van der Waals surface area (Å²) < 4.78 is 10.1. The number of benzene rings is 1. The predicted octanol–water partition coefficient (Wildman–Crippen LogP) is 1.97. The molecule has 0 atom stereocenters. The molecule has 0 amide bonds. The number of aromatic nitrogens is 1. The van der Waals surface area contributed by atoms with Gasteiger partial charge in [0.15, 0.2) is 6.39 Å². The van der Waals surface area contributed by atoms with Crippen molar-refractivity contribution in [3.05, 3.63) is 48.2 Å². The van der Waals surface area contributed by atoms with E-state index in [1.54, 1.807) is 13.4 Å². The molecule has 0 aliphatic heterocycles. The number of oxazole rings is 1. The van der Waals surface area contributed by atoms with Crippen LogP contribution in [-0.4, -0.2) is 12.1 Å². The molecule has 1 aromatic carbocycles. The van der Waals surface area contributed by atoms with E-state index in [2.05, 4.69) is 10.3 Å². The van der Waals surface area contributed by atoms with Gasteiger partial charge in [0.2, 0.25) is 0 Å². The second-order valence-corrected chi connectivity index (χ2v) is 3.40. The van der Waals surface area contributed by atoms with E-state index < -0.39 is 0 Å². The van der Waals surface area contributed by atoms with Gasteiger partial charge in [-0.3, -0.25) is 0 Å². The van der Waals surface area contributed by atoms with Gasteiger partial charge in [-0.1, -0.05) is 18.2 Å². The summed E-state index contributed by atoms with van der Waals surface area (Å²) in [5.41, 5.74) is 2.03. The van der Waals surface area contributed by atoms with Crippen LogP contribution in [0.2, 0.25) is 0 Å². The molecule has 4 nitrogen and oxygen atoms in total. The van der Waals surface area contributed by atoms with Crippen LogP contribution in [0.5, 0.6) is 5.75 Å². The molecule has 2 rings (SSSR count). The molecule has 1 N–H and O–H groups in total. The minimum atomic E-state index is 0.689. The molecule has 1 aromatic heterocycles. The van der Waals surface area contributed by atoms with Crippen molar-refractivity contribution in [2.24, 2.45) is 0 Å². The Hall–Kier alpha value is -1.81. The lowest BCUT2D eigenvalue weighted by molar-refractivity contribution is 0.407. The Morgan fingerprint density at radius 1 is 1.31 bits per heavy atom. The lowest BCUT2D eigenvalue weighted by Crippen LogP contribution is -2.13. The standard InChI is InChI=1S/C12H14N2O2/c1-15-12-5-3-2-4-10(12)6-13-7-11-8-16-9-14-11/h2-5,8-9,13H,6-7H2,1H3. The second kappa shape index (κ2) is 5.32. The first kappa shape index (κ1) is 10.7. The SMILES string of the molecule is COc1ccccc1CNCc1cocn1. The molecular formula is C12H14N2O2. The maximum absolute atomic E-state index is 5.26. The molecule has 4 heteroatoms. The molecule has 0 saturated heterocycles. The quantitative estimate of drug-likeness (QED) is 0.833. The monoisotopic (exact) mass is 218 g/mol. The third-order valence-electron chi connectivity index (χ3n) is 2.30. The summed E-state index contributed by atoms with van der Waals surface area (Å²) in [6, 6.07) is 7.94. The van der Waals surface area contributed by atoms with E-state index in [0.29, 0.717) is 6.54 Å². The minimum absolute atomic E-state index is 0.689. The van der Waals surface area contributed by atoms with Crippen LogP contribution in [0.15, 0.2) is 41.3 Å². The van der Waals surface area contributed by atoms with Crippen molar-refractivity contribution in [2.45, 2.75) is 13.1 Å². The fourth-order valence-corrected chi connectivity index (χ4v) is 1.50. The Morgan fingerprint density at radius 3 is 2.94 bits per heavy atom. The summed E-state index contributed by atoms with van der Waals surface area (Å²) in [5.74, 6) is 0.898. The number of rotatable bonds is 5. The Bertz CT molecular complexity index is 426. The van der Waals surface area contributed by atoms with Crippen molar-refractivity contribution in [3.63, 3.8) is 0 Å². The first-order valence-electron chi connectivity index (χ1n) is 5.10. The average molecular weight is 218 g/mol. The smallest absolute Gasteiger partial charge is 0.180 e. The minimum Gasteiger partial charge on any atom is -0.496 e. The average Bonchev–Trinajstić information content (AvgIpc) is 2.83. The normalized spacial score (nSPS) is 10.3. The number of hydrogen-bond donors (Lipinski definition) is 1. The van der Waals surface area contributed by atoms with Gasteiger partial charge in [-0.15, -0.1) is 0 Å². The highest BCUT2D eigenvalue weighted by atomic mass is 16.5. The zero-order chi connectivity index (χ0) is 11.2. The third kappa shape index (κ3) is 2.61. The van der Waals surface area contributed by atoms with Gasteiger partial charge in [0.25, 0.3) is 0 Å². The zero-order valence-electron chi connectivity index (χ0n) is 9.14. The van der Waals surface area contributed by atoms with Gasteiger partial charge in [-0.25, -0.2) is 4.98 Å². The lowest BCUT2D eigenvalue weighted by Gasteiger charge is -2.08. The molecule has 84 valence electrons. The summed E-state index contributed by atoms with van der Waals surface area (Å²) in [7, 11) is 1.68. The van der Waals surface area contributed by atoms with Crippen molar-refractivity contribution < 1.29 is 9.15 Å². The van der Waals surface area contributed by atoms with Gasteiger partial charge < -0.3 is 14.5 Å². The van der Waals surface area contributed by atoms with Crippen LogP contribution in [0.3, 0.4) is 0 Å². The molecule has 0 spiro atoms. The number of nitrogens with zero attached hydrogens (tertiary/aromatic N) is 1. The van der Waals surface area contributed by atoms with Gasteiger partial charge in [0, 0.05) is 18.7 Å². The number of methoxy groups -OCH3 is 1. The summed E-state index contributed by atoms with van der Waals surface area (Å²) in [6.45, 7) is 1.44. The van der Waals surface area contributed by atoms with Crippen LogP contribution < -0.4 is 10.1 Å². The van der Waals surface area contributed by atoms with Crippen LogP contribution in [0.1, 0.15) is 11.3 Å². The molecule has 0 radical (unpaired) electrons. The van der Waals surface area contributed by atoms with E-state index in [0.717, 1.165) is 23.6 Å². The Balaban J connectivity index is 1.89. The highest BCUT2D eigenvalue weighted by Gasteiger charge is 2.01. The maximum atomic E-state index is 5.26. The highest BCUT2D eigenvalue weighted by Crippen LogP contribution is 2.16. The van der Waals surface area contributed by atoms with Crippen molar-refractivity contribution >= 4 is 0 Å².